The minimum Gasteiger partial charge on any atom is -0.360 e. The maximum absolute atomic E-state index is 9.18. The van der Waals surface area contributed by atoms with Gasteiger partial charge in [-0.2, -0.15) is 5.26 Å². The van der Waals surface area contributed by atoms with E-state index in [-0.39, 0.29) is 0 Å². The van der Waals surface area contributed by atoms with Gasteiger partial charge in [0.25, 0.3) is 0 Å². The van der Waals surface area contributed by atoms with E-state index in [9.17, 15) is 5.26 Å². The normalized spacial score (nSPS) is 11.2. The number of aryl methyl sites for hydroxylation is 3. The lowest BCUT2D eigenvalue weighted by molar-refractivity contribution is 1.24. The van der Waals surface area contributed by atoms with E-state index in [1.54, 1.807) is 6.20 Å². The van der Waals surface area contributed by atoms with Crippen LogP contribution in [-0.4, -0.2) is 4.98 Å². The second-order valence-corrected chi connectivity index (χ2v) is 5.34. The van der Waals surface area contributed by atoms with Gasteiger partial charge in [-0.05, 0) is 44.0 Å². The maximum atomic E-state index is 9.18. The van der Waals surface area contributed by atoms with Gasteiger partial charge in [-0.25, -0.2) is 4.98 Å². The Morgan fingerprint density at radius 2 is 1.95 bits per heavy atom. The van der Waals surface area contributed by atoms with Crippen molar-refractivity contribution in [1.82, 2.24) is 4.98 Å². The van der Waals surface area contributed by atoms with Crippen LogP contribution in [0.4, 0.5) is 5.69 Å². The largest absolute Gasteiger partial charge is 0.360 e. The van der Waals surface area contributed by atoms with Crippen LogP contribution in [0.1, 0.15) is 21.8 Å². The molecule has 1 N–H and O–H groups in total. The molecule has 0 saturated heterocycles. The molecule has 0 amide bonds. The van der Waals surface area contributed by atoms with Crippen molar-refractivity contribution in [2.75, 3.05) is 5.32 Å². The van der Waals surface area contributed by atoms with Gasteiger partial charge in [-0.15, -0.1) is 11.3 Å². The zero-order chi connectivity index (χ0) is 13.8. The summed E-state index contributed by atoms with van der Waals surface area (Å²) in [5, 5.41) is 15.0. The number of hydrogen-bond donors (Lipinski definition) is 1. The third-order valence-electron chi connectivity index (χ3n) is 2.57. The van der Waals surface area contributed by atoms with Gasteiger partial charge in [0.15, 0.2) is 0 Å². The van der Waals surface area contributed by atoms with E-state index in [1.807, 2.05) is 24.4 Å². The molecule has 0 atom stereocenters. The summed E-state index contributed by atoms with van der Waals surface area (Å²) in [6.45, 7) is 6.03. The topological polar surface area (TPSA) is 48.7 Å². The maximum Gasteiger partial charge on any atom is 0.135 e. The first-order valence-electron chi connectivity index (χ1n) is 5.96. The molecule has 0 aliphatic heterocycles. The molecule has 1 aromatic heterocycles. The van der Waals surface area contributed by atoms with Gasteiger partial charge < -0.3 is 5.32 Å². The molecule has 0 spiro atoms. The summed E-state index contributed by atoms with van der Waals surface area (Å²) < 4.78 is 0. The molecular weight excluding hydrogens is 254 g/mol. The van der Waals surface area contributed by atoms with Crippen molar-refractivity contribution in [3.05, 3.63) is 51.6 Å². The number of aromatic nitrogens is 1. The van der Waals surface area contributed by atoms with Gasteiger partial charge in [-0.3, -0.25) is 0 Å². The zero-order valence-electron chi connectivity index (χ0n) is 11.2. The lowest BCUT2D eigenvalue weighted by atomic mass is 10.1. The third kappa shape index (κ3) is 3.43. The van der Waals surface area contributed by atoms with Crippen molar-refractivity contribution in [3.63, 3.8) is 0 Å². The third-order valence-corrected chi connectivity index (χ3v) is 3.57. The zero-order valence-corrected chi connectivity index (χ0v) is 12.0. The highest BCUT2D eigenvalue weighted by Gasteiger charge is 2.05. The highest BCUT2D eigenvalue weighted by Crippen LogP contribution is 2.20. The average molecular weight is 269 g/mol. The molecule has 2 aromatic rings. The van der Waals surface area contributed by atoms with E-state index < -0.39 is 0 Å². The van der Waals surface area contributed by atoms with Crippen molar-refractivity contribution in [1.29, 1.82) is 5.26 Å². The van der Waals surface area contributed by atoms with Gasteiger partial charge in [0.1, 0.15) is 16.6 Å². The summed E-state index contributed by atoms with van der Waals surface area (Å²) in [7, 11) is 0. The molecule has 3 nitrogen and oxygen atoms in total. The molecule has 0 fully saturated rings. The molecule has 0 aliphatic rings. The van der Waals surface area contributed by atoms with Crippen molar-refractivity contribution in [2.24, 2.45) is 0 Å². The highest BCUT2D eigenvalue weighted by molar-refractivity contribution is 7.10. The highest BCUT2D eigenvalue weighted by atomic mass is 32.1. The lowest BCUT2D eigenvalue weighted by Gasteiger charge is -2.04. The molecule has 1 aromatic carbocycles. The number of nitrogens with zero attached hydrogens (tertiary/aromatic N) is 2. The molecule has 0 bridgehead atoms. The van der Waals surface area contributed by atoms with Crippen LogP contribution in [0.3, 0.4) is 0 Å². The molecule has 96 valence electrons. The Balaban J connectivity index is 2.23. The summed E-state index contributed by atoms with van der Waals surface area (Å²) in [4.78, 5) is 4.32. The van der Waals surface area contributed by atoms with Gasteiger partial charge in [0, 0.05) is 23.0 Å². The minimum absolute atomic E-state index is 0.553. The molecule has 4 heteroatoms. The fraction of sp³-hybridized carbons (Fsp3) is 0.200. The number of thiazole rings is 1. The Kier molecular flexibility index (Phi) is 3.98. The Morgan fingerprint density at radius 3 is 2.47 bits per heavy atom. The van der Waals surface area contributed by atoms with Crippen LogP contribution in [0.2, 0.25) is 0 Å². The molecule has 0 aliphatic carbocycles. The van der Waals surface area contributed by atoms with Crippen LogP contribution in [0, 0.1) is 32.1 Å². The van der Waals surface area contributed by atoms with Crippen molar-refractivity contribution in [2.45, 2.75) is 20.8 Å². The Morgan fingerprint density at radius 1 is 1.26 bits per heavy atom. The SMILES string of the molecule is Cc1cc(C)cc(N/C=C(\C#N)c2nc(C)cs2)c1. The summed E-state index contributed by atoms with van der Waals surface area (Å²) in [6.07, 6.45) is 1.71. The van der Waals surface area contributed by atoms with E-state index in [0.29, 0.717) is 5.57 Å². The number of allylic oxidation sites excluding steroid dienone is 1. The quantitative estimate of drug-likeness (QED) is 0.855. The number of anilines is 1. The van der Waals surface area contributed by atoms with E-state index in [1.165, 1.54) is 22.5 Å². The van der Waals surface area contributed by atoms with Crippen LogP contribution in [0.5, 0.6) is 0 Å². The van der Waals surface area contributed by atoms with Crippen LogP contribution < -0.4 is 5.32 Å². The van der Waals surface area contributed by atoms with Gasteiger partial charge in [0.2, 0.25) is 0 Å². The molecule has 2 rings (SSSR count). The number of hydrogen-bond acceptors (Lipinski definition) is 4. The summed E-state index contributed by atoms with van der Waals surface area (Å²) in [5.74, 6) is 0. The van der Waals surface area contributed by atoms with Crippen LogP contribution >= 0.6 is 11.3 Å². The second-order valence-electron chi connectivity index (χ2n) is 4.48. The summed E-state index contributed by atoms with van der Waals surface area (Å²) in [6, 6.07) is 8.39. The van der Waals surface area contributed by atoms with E-state index in [2.05, 4.69) is 36.3 Å². The van der Waals surface area contributed by atoms with Gasteiger partial charge >= 0.3 is 0 Å². The number of benzene rings is 1. The Bertz CT molecular complexity index is 642. The average Bonchev–Trinajstić information content (AvgIpc) is 2.75. The fourth-order valence-electron chi connectivity index (χ4n) is 1.83. The van der Waals surface area contributed by atoms with Crippen LogP contribution in [0.25, 0.3) is 5.57 Å². The molecule has 19 heavy (non-hydrogen) atoms. The second kappa shape index (κ2) is 5.68. The van der Waals surface area contributed by atoms with Crippen LogP contribution in [-0.2, 0) is 0 Å². The van der Waals surface area contributed by atoms with E-state index >= 15 is 0 Å². The predicted octanol–water partition coefficient (Wildman–Crippen LogP) is 4.04. The molecule has 0 unspecified atom stereocenters. The first kappa shape index (κ1) is 13.3. The molecule has 1 heterocycles. The Hall–Kier alpha value is -2.12. The molecular formula is C15H15N3S. The predicted molar refractivity (Wildman–Crippen MR) is 80.0 cm³/mol. The summed E-state index contributed by atoms with van der Waals surface area (Å²) in [5.41, 5.74) is 4.86. The van der Waals surface area contributed by atoms with Crippen molar-refractivity contribution < 1.29 is 0 Å². The van der Waals surface area contributed by atoms with Crippen LogP contribution in [0.15, 0.2) is 29.8 Å². The number of nitrogens with one attached hydrogen (secondary N) is 1. The fourth-order valence-corrected chi connectivity index (χ4v) is 2.60. The van der Waals surface area contributed by atoms with E-state index in [4.69, 9.17) is 0 Å². The van der Waals surface area contributed by atoms with Crippen molar-refractivity contribution in [3.8, 4) is 6.07 Å². The first-order chi connectivity index (χ1) is 9.08. The van der Waals surface area contributed by atoms with E-state index in [0.717, 1.165) is 16.4 Å². The standard InChI is InChI=1S/C15H15N3S/c1-10-4-11(2)6-14(5-10)17-8-13(7-16)15-18-12(3)9-19-15/h4-6,8-9,17H,1-3H3/b13-8+. The number of nitriles is 1. The van der Waals surface area contributed by atoms with Gasteiger partial charge in [-0.1, -0.05) is 6.07 Å². The molecule has 0 saturated carbocycles. The smallest absolute Gasteiger partial charge is 0.135 e. The monoisotopic (exact) mass is 269 g/mol. The minimum atomic E-state index is 0.553. The first-order valence-corrected chi connectivity index (χ1v) is 6.84. The molecule has 0 radical (unpaired) electrons. The van der Waals surface area contributed by atoms with Crippen molar-refractivity contribution >= 4 is 22.6 Å². The van der Waals surface area contributed by atoms with Gasteiger partial charge in [0.05, 0.1) is 0 Å². The number of rotatable bonds is 3. The lowest BCUT2D eigenvalue weighted by Crippen LogP contribution is -1.92. The Labute approximate surface area is 117 Å². The summed E-state index contributed by atoms with van der Waals surface area (Å²) >= 11 is 1.48.